The molecule has 1 aromatic rings. The topological polar surface area (TPSA) is 30.0 Å². The van der Waals surface area contributed by atoms with Crippen LogP contribution in [0.5, 0.6) is 0 Å². The number of halogens is 4. The molecule has 6 heteroatoms. The lowest BCUT2D eigenvalue weighted by Gasteiger charge is -2.06. The van der Waals surface area contributed by atoms with E-state index in [0.29, 0.717) is 5.69 Å². The first-order valence-corrected chi connectivity index (χ1v) is 4.50. The number of pyridine rings is 1. The van der Waals surface area contributed by atoms with Crippen LogP contribution in [0.4, 0.5) is 8.78 Å². The summed E-state index contributed by atoms with van der Waals surface area (Å²) in [5.74, 6) is 0.0179. The molecule has 0 fully saturated rings. The highest BCUT2D eigenvalue weighted by atomic mass is 35.5. The van der Waals surface area contributed by atoms with Crippen molar-refractivity contribution < 1.29 is 13.6 Å². The summed E-state index contributed by atoms with van der Waals surface area (Å²) in [6, 6.07) is 1.23. The Morgan fingerprint density at radius 2 is 2.21 bits per heavy atom. The molecular weight excluding hydrogens is 235 g/mol. The molecule has 0 bridgehead atoms. The lowest BCUT2D eigenvalue weighted by molar-refractivity contribution is 0.110. The first-order chi connectivity index (χ1) is 6.60. The van der Waals surface area contributed by atoms with Crippen molar-refractivity contribution in [3.8, 4) is 0 Å². The van der Waals surface area contributed by atoms with Crippen molar-refractivity contribution in [2.24, 2.45) is 0 Å². The lowest BCUT2D eigenvalue weighted by atomic mass is 10.2. The van der Waals surface area contributed by atoms with Gasteiger partial charge in [0.2, 0.25) is 0 Å². The number of rotatable bonds is 3. The van der Waals surface area contributed by atoms with Gasteiger partial charge in [-0.05, 0) is 6.07 Å². The predicted molar refractivity (Wildman–Crippen MR) is 49.1 cm³/mol. The molecule has 14 heavy (non-hydrogen) atoms. The summed E-state index contributed by atoms with van der Waals surface area (Å²) >= 11 is 11.0. The van der Waals surface area contributed by atoms with Crippen molar-refractivity contribution in [3.63, 3.8) is 0 Å². The van der Waals surface area contributed by atoms with E-state index in [0.717, 1.165) is 0 Å². The highest BCUT2D eigenvalue weighted by molar-refractivity contribution is 6.31. The minimum atomic E-state index is -2.82. The molecule has 0 aromatic carbocycles. The average molecular weight is 240 g/mol. The Morgan fingerprint density at radius 3 is 2.64 bits per heavy atom. The molecule has 1 heterocycles. The summed E-state index contributed by atoms with van der Waals surface area (Å²) < 4.78 is 24.8. The van der Waals surface area contributed by atoms with Gasteiger partial charge in [0, 0.05) is 0 Å². The van der Waals surface area contributed by atoms with Crippen LogP contribution in [0, 0.1) is 0 Å². The number of carbonyl (C=O) groups excluding carboxylic acids is 1. The van der Waals surface area contributed by atoms with E-state index >= 15 is 0 Å². The number of hydrogen-bond donors (Lipinski definition) is 0. The molecule has 0 unspecified atom stereocenters. The second-order valence-electron chi connectivity index (χ2n) is 2.45. The molecule has 0 aliphatic rings. The second kappa shape index (κ2) is 4.66. The van der Waals surface area contributed by atoms with E-state index in [4.69, 9.17) is 23.2 Å². The van der Waals surface area contributed by atoms with Crippen LogP contribution in [0.15, 0.2) is 6.07 Å². The number of aromatic nitrogens is 1. The van der Waals surface area contributed by atoms with Gasteiger partial charge in [0.25, 0.3) is 6.43 Å². The van der Waals surface area contributed by atoms with Gasteiger partial charge in [0.1, 0.15) is 5.69 Å². The van der Waals surface area contributed by atoms with E-state index in [9.17, 15) is 13.6 Å². The molecule has 1 aromatic heterocycles. The van der Waals surface area contributed by atoms with Crippen LogP contribution in [0.25, 0.3) is 0 Å². The molecule has 0 N–H and O–H groups in total. The quantitative estimate of drug-likeness (QED) is 0.599. The zero-order chi connectivity index (χ0) is 10.7. The molecule has 0 aliphatic heterocycles. The first-order valence-electron chi connectivity index (χ1n) is 3.58. The van der Waals surface area contributed by atoms with Gasteiger partial charge in [-0.1, -0.05) is 11.6 Å². The third kappa shape index (κ3) is 2.19. The number of alkyl halides is 3. The Hall–Kier alpha value is -0.740. The summed E-state index contributed by atoms with van der Waals surface area (Å²) in [7, 11) is 0. The Morgan fingerprint density at radius 1 is 1.57 bits per heavy atom. The monoisotopic (exact) mass is 239 g/mol. The minimum absolute atomic E-state index is 0.0179. The van der Waals surface area contributed by atoms with Crippen LogP contribution in [-0.4, -0.2) is 11.3 Å². The molecule has 0 spiro atoms. The fraction of sp³-hybridized carbons (Fsp3) is 0.250. The van der Waals surface area contributed by atoms with Crippen molar-refractivity contribution in [1.82, 2.24) is 4.98 Å². The second-order valence-corrected chi connectivity index (χ2v) is 3.12. The van der Waals surface area contributed by atoms with E-state index in [1.54, 1.807) is 0 Å². The fourth-order valence-electron chi connectivity index (χ4n) is 0.968. The van der Waals surface area contributed by atoms with Crippen LogP contribution < -0.4 is 0 Å². The van der Waals surface area contributed by atoms with Crippen molar-refractivity contribution in [1.29, 1.82) is 0 Å². The predicted octanol–water partition coefficient (Wildman–Crippen LogP) is 3.22. The Bertz CT molecular complexity index is 357. The molecule has 0 aliphatic carbocycles. The average Bonchev–Trinajstić information content (AvgIpc) is 2.15. The van der Waals surface area contributed by atoms with Gasteiger partial charge in [-0.2, -0.15) is 0 Å². The minimum Gasteiger partial charge on any atom is -0.296 e. The summed E-state index contributed by atoms with van der Waals surface area (Å²) in [5.41, 5.74) is -0.609. The number of hydrogen-bond acceptors (Lipinski definition) is 2. The van der Waals surface area contributed by atoms with Gasteiger partial charge in [-0.25, -0.2) is 13.8 Å². The Labute approximate surface area is 88.8 Å². The van der Waals surface area contributed by atoms with Gasteiger partial charge in [0.15, 0.2) is 6.29 Å². The van der Waals surface area contributed by atoms with Gasteiger partial charge < -0.3 is 0 Å². The lowest BCUT2D eigenvalue weighted by Crippen LogP contribution is -2.01. The molecule has 0 saturated heterocycles. The van der Waals surface area contributed by atoms with Crippen LogP contribution in [-0.2, 0) is 5.88 Å². The van der Waals surface area contributed by atoms with Crippen LogP contribution in [0.1, 0.15) is 28.2 Å². The number of nitrogens with zero attached hydrogens (tertiary/aromatic N) is 1. The van der Waals surface area contributed by atoms with Gasteiger partial charge in [0.05, 0.1) is 22.2 Å². The van der Waals surface area contributed by atoms with Crippen LogP contribution in [0.2, 0.25) is 5.02 Å². The van der Waals surface area contributed by atoms with E-state index in [1.807, 2.05) is 0 Å². The SMILES string of the molecule is O=Cc1nc(CCl)cc(Cl)c1C(F)F. The van der Waals surface area contributed by atoms with E-state index in [1.165, 1.54) is 6.07 Å². The van der Waals surface area contributed by atoms with Gasteiger partial charge in [-0.3, -0.25) is 4.79 Å². The molecular formula is C8H5Cl2F2NO. The summed E-state index contributed by atoms with van der Waals surface area (Å²) in [6.45, 7) is 0. The largest absolute Gasteiger partial charge is 0.296 e. The van der Waals surface area contributed by atoms with E-state index < -0.39 is 12.0 Å². The van der Waals surface area contributed by atoms with Crippen LogP contribution in [0.3, 0.4) is 0 Å². The van der Waals surface area contributed by atoms with Crippen molar-refractivity contribution in [3.05, 3.63) is 28.0 Å². The molecule has 0 amide bonds. The number of aldehydes is 1. The third-order valence-electron chi connectivity index (χ3n) is 1.56. The molecule has 2 nitrogen and oxygen atoms in total. The highest BCUT2D eigenvalue weighted by Crippen LogP contribution is 2.29. The van der Waals surface area contributed by atoms with Crippen molar-refractivity contribution >= 4 is 29.5 Å². The number of carbonyl (C=O) groups is 1. The molecule has 76 valence electrons. The highest BCUT2D eigenvalue weighted by Gasteiger charge is 2.19. The van der Waals surface area contributed by atoms with E-state index in [-0.39, 0.29) is 22.9 Å². The third-order valence-corrected chi connectivity index (χ3v) is 2.14. The molecule has 0 radical (unpaired) electrons. The Kier molecular flexibility index (Phi) is 3.77. The molecule has 1 rings (SSSR count). The summed E-state index contributed by atoms with van der Waals surface area (Å²) in [5, 5.41) is -0.187. The van der Waals surface area contributed by atoms with Gasteiger partial charge >= 0.3 is 0 Å². The fourth-order valence-corrected chi connectivity index (χ4v) is 1.41. The maximum Gasteiger partial charge on any atom is 0.267 e. The van der Waals surface area contributed by atoms with Gasteiger partial charge in [-0.15, -0.1) is 11.6 Å². The van der Waals surface area contributed by atoms with Crippen LogP contribution >= 0.6 is 23.2 Å². The van der Waals surface area contributed by atoms with Crippen molar-refractivity contribution in [2.75, 3.05) is 0 Å². The summed E-state index contributed by atoms with van der Waals surface area (Å²) in [4.78, 5) is 14.1. The maximum absolute atomic E-state index is 12.4. The smallest absolute Gasteiger partial charge is 0.267 e. The zero-order valence-corrected chi connectivity index (χ0v) is 8.32. The maximum atomic E-state index is 12.4. The standard InChI is InChI=1S/C8H5Cl2F2NO/c9-2-4-1-5(10)7(8(11)12)6(3-14)13-4/h1,3,8H,2H2. The van der Waals surface area contributed by atoms with Crippen molar-refractivity contribution in [2.45, 2.75) is 12.3 Å². The summed E-state index contributed by atoms with van der Waals surface area (Å²) in [6.07, 6.45) is -2.58. The molecule has 0 atom stereocenters. The first kappa shape index (κ1) is 11.3. The normalized spacial score (nSPS) is 10.6. The molecule has 0 saturated carbocycles. The Balaban J connectivity index is 3.34. The zero-order valence-electron chi connectivity index (χ0n) is 6.81. The van der Waals surface area contributed by atoms with E-state index in [2.05, 4.69) is 4.98 Å².